The van der Waals surface area contributed by atoms with Gasteiger partial charge in [-0.3, -0.25) is 14.9 Å². The quantitative estimate of drug-likeness (QED) is 0.649. The van der Waals surface area contributed by atoms with E-state index in [0.717, 1.165) is 19.1 Å². The number of anilines is 1. The summed E-state index contributed by atoms with van der Waals surface area (Å²) >= 11 is 0. The van der Waals surface area contributed by atoms with E-state index in [4.69, 9.17) is 0 Å². The van der Waals surface area contributed by atoms with Gasteiger partial charge in [0.05, 0.1) is 4.92 Å². The molecule has 1 atom stereocenters. The number of hydrogen-bond donors (Lipinski definition) is 1. The largest absolute Gasteiger partial charge is 0.364 e. The minimum atomic E-state index is -3.71. The van der Waals surface area contributed by atoms with E-state index in [1.54, 1.807) is 11.0 Å². The van der Waals surface area contributed by atoms with Crippen LogP contribution < -0.4 is 10.2 Å². The number of nitrogens with one attached hydrogen (secondary N) is 1. The van der Waals surface area contributed by atoms with Gasteiger partial charge in [-0.25, -0.2) is 8.42 Å². The third-order valence-corrected chi connectivity index (χ3v) is 4.86. The number of sulfone groups is 1. The normalized spacial score (nSPS) is 18.5. The van der Waals surface area contributed by atoms with Gasteiger partial charge >= 0.3 is 5.69 Å². The summed E-state index contributed by atoms with van der Waals surface area (Å²) in [6, 6.07) is 4.18. The fourth-order valence-corrected chi connectivity index (χ4v) is 3.71. The van der Waals surface area contributed by atoms with Crippen LogP contribution in [0.5, 0.6) is 0 Å². The maximum absolute atomic E-state index is 11.8. The second kappa shape index (κ2) is 6.53. The third-order valence-electron chi connectivity index (χ3n) is 3.73. The molecule has 1 unspecified atom stereocenters. The Bertz CT molecular complexity index is 732. The molecule has 0 radical (unpaired) electrons. The van der Waals surface area contributed by atoms with Crippen LogP contribution in [-0.4, -0.2) is 44.6 Å². The number of benzene rings is 1. The molecule has 1 amide bonds. The first kappa shape index (κ1) is 17.2. The molecule has 8 nitrogen and oxygen atoms in total. The van der Waals surface area contributed by atoms with E-state index in [1.165, 1.54) is 19.1 Å². The second-order valence-electron chi connectivity index (χ2n) is 5.64. The summed E-state index contributed by atoms with van der Waals surface area (Å²) in [5.41, 5.74) is -0.133. The highest BCUT2D eigenvalue weighted by molar-refractivity contribution is 7.90. The van der Waals surface area contributed by atoms with Gasteiger partial charge in [0.2, 0.25) is 5.91 Å². The van der Waals surface area contributed by atoms with E-state index < -0.39 is 20.4 Å². The van der Waals surface area contributed by atoms with Crippen molar-refractivity contribution in [3.05, 3.63) is 28.3 Å². The number of para-hydroxylation sites is 1. The Balaban J connectivity index is 2.43. The smallest absolute Gasteiger partial charge is 0.311 e. The van der Waals surface area contributed by atoms with Crippen molar-refractivity contribution in [1.82, 2.24) is 5.32 Å². The summed E-state index contributed by atoms with van der Waals surface area (Å²) in [4.78, 5) is 23.4. The van der Waals surface area contributed by atoms with Crippen molar-refractivity contribution in [2.45, 2.75) is 30.7 Å². The van der Waals surface area contributed by atoms with Gasteiger partial charge in [-0.05, 0) is 25.0 Å². The summed E-state index contributed by atoms with van der Waals surface area (Å²) in [6.07, 6.45) is 2.50. The molecule has 1 aliphatic heterocycles. The molecular formula is C14H19N3O5S. The molecule has 0 spiro atoms. The average molecular weight is 341 g/mol. The summed E-state index contributed by atoms with van der Waals surface area (Å²) in [5.74, 6) is -0.156. The number of amides is 1. The van der Waals surface area contributed by atoms with Crippen LogP contribution in [0, 0.1) is 10.1 Å². The topological polar surface area (TPSA) is 110 Å². The average Bonchev–Trinajstić information content (AvgIpc) is 2.45. The van der Waals surface area contributed by atoms with E-state index in [0.29, 0.717) is 13.1 Å². The number of carbonyl (C=O) groups excluding carboxylic acids is 1. The Morgan fingerprint density at radius 1 is 1.43 bits per heavy atom. The number of nitrogens with zero attached hydrogens (tertiary/aromatic N) is 2. The molecule has 0 aromatic heterocycles. The lowest BCUT2D eigenvalue weighted by molar-refractivity contribution is -0.387. The van der Waals surface area contributed by atoms with Crippen LogP contribution in [0.2, 0.25) is 0 Å². The van der Waals surface area contributed by atoms with Crippen molar-refractivity contribution in [3.63, 3.8) is 0 Å². The number of piperidine rings is 1. The Hall–Kier alpha value is -2.16. The summed E-state index contributed by atoms with van der Waals surface area (Å²) in [5, 5.41) is 14.2. The second-order valence-corrected chi connectivity index (χ2v) is 7.62. The number of carbonyl (C=O) groups is 1. The fraction of sp³-hybridized carbons (Fsp3) is 0.500. The van der Waals surface area contributed by atoms with Gasteiger partial charge in [0, 0.05) is 32.3 Å². The standard InChI is InChI=1S/C14H19N3O5S/c1-10(18)15-11-5-4-8-16(9-11)12-6-3-7-13(23(2,21)22)14(12)17(19)20/h3,6-7,11H,4-5,8-9H2,1-2H3,(H,15,18). The van der Waals surface area contributed by atoms with Gasteiger partial charge in [-0.1, -0.05) is 6.07 Å². The van der Waals surface area contributed by atoms with Crippen LogP contribution >= 0.6 is 0 Å². The SMILES string of the molecule is CC(=O)NC1CCCN(c2cccc(S(C)(=O)=O)c2[N+](=O)[O-])C1. The maximum atomic E-state index is 11.8. The molecular weight excluding hydrogens is 322 g/mol. The molecule has 1 aromatic rings. The molecule has 1 N–H and O–H groups in total. The lowest BCUT2D eigenvalue weighted by atomic mass is 10.0. The predicted octanol–water partition coefficient (Wildman–Crippen LogP) is 1.10. The molecule has 1 aliphatic rings. The zero-order chi connectivity index (χ0) is 17.2. The van der Waals surface area contributed by atoms with Crippen molar-refractivity contribution in [2.75, 3.05) is 24.2 Å². The highest BCUT2D eigenvalue weighted by Crippen LogP contribution is 2.35. The van der Waals surface area contributed by atoms with Gasteiger partial charge < -0.3 is 10.2 Å². The van der Waals surface area contributed by atoms with Crippen LogP contribution in [0.1, 0.15) is 19.8 Å². The Labute approximate surface area is 134 Å². The maximum Gasteiger partial charge on any atom is 0.311 e. The lowest BCUT2D eigenvalue weighted by Crippen LogP contribution is -2.47. The summed E-state index contributed by atoms with van der Waals surface area (Å²) in [7, 11) is -3.71. The van der Waals surface area contributed by atoms with Crippen molar-refractivity contribution in [3.8, 4) is 0 Å². The zero-order valence-corrected chi connectivity index (χ0v) is 13.8. The Morgan fingerprint density at radius 2 is 2.13 bits per heavy atom. The molecule has 0 bridgehead atoms. The van der Waals surface area contributed by atoms with Crippen LogP contribution in [0.3, 0.4) is 0 Å². The molecule has 1 fully saturated rings. The van der Waals surface area contributed by atoms with E-state index in [-0.39, 0.29) is 22.5 Å². The molecule has 23 heavy (non-hydrogen) atoms. The predicted molar refractivity (Wildman–Crippen MR) is 85.3 cm³/mol. The minimum Gasteiger partial charge on any atom is -0.364 e. The third kappa shape index (κ3) is 3.98. The van der Waals surface area contributed by atoms with Crippen molar-refractivity contribution in [2.24, 2.45) is 0 Å². The highest BCUT2D eigenvalue weighted by atomic mass is 32.2. The van der Waals surface area contributed by atoms with Crippen LogP contribution in [0.25, 0.3) is 0 Å². The van der Waals surface area contributed by atoms with Gasteiger partial charge in [-0.15, -0.1) is 0 Å². The van der Waals surface area contributed by atoms with E-state index in [9.17, 15) is 23.3 Å². The lowest BCUT2D eigenvalue weighted by Gasteiger charge is -2.34. The van der Waals surface area contributed by atoms with Crippen LogP contribution in [0.4, 0.5) is 11.4 Å². The van der Waals surface area contributed by atoms with Gasteiger partial charge in [-0.2, -0.15) is 0 Å². The fourth-order valence-electron chi connectivity index (χ4n) is 2.85. The van der Waals surface area contributed by atoms with Gasteiger partial charge in [0.15, 0.2) is 9.84 Å². The molecule has 1 aromatic carbocycles. The summed E-state index contributed by atoms with van der Waals surface area (Å²) in [6.45, 7) is 2.41. The number of nitro groups is 1. The molecule has 1 heterocycles. The molecule has 0 aliphatic carbocycles. The highest BCUT2D eigenvalue weighted by Gasteiger charge is 2.31. The van der Waals surface area contributed by atoms with Crippen molar-refractivity contribution in [1.29, 1.82) is 0 Å². The number of hydrogen-bond acceptors (Lipinski definition) is 6. The first-order chi connectivity index (χ1) is 10.7. The minimum absolute atomic E-state index is 0.109. The van der Waals surface area contributed by atoms with E-state index in [2.05, 4.69) is 5.32 Å². The number of rotatable bonds is 4. The molecule has 1 saturated heterocycles. The molecule has 9 heteroatoms. The van der Waals surface area contributed by atoms with Gasteiger partial charge in [0.1, 0.15) is 10.6 Å². The Morgan fingerprint density at radius 3 is 2.70 bits per heavy atom. The van der Waals surface area contributed by atoms with Crippen LogP contribution in [-0.2, 0) is 14.6 Å². The first-order valence-electron chi connectivity index (χ1n) is 7.19. The number of nitro benzene ring substituents is 1. The zero-order valence-electron chi connectivity index (χ0n) is 13.0. The van der Waals surface area contributed by atoms with Gasteiger partial charge in [0.25, 0.3) is 0 Å². The monoisotopic (exact) mass is 341 g/mol. The molecule has 126 valence electrons. The molecule has 0 saturated carbocycles. The van der Waals surface area contributed by atoms with E-state index >= 15 is 0 Å². The van der Waals surface area contributed by atoms with Crippen molar-refractivity contribution < 1.29 is 18.1 Å². The molecule has 2 rings (SSSR count). The summed E-state index contributed by atoms with van der Waals surface area (Å²) < 4.78 is 23.6. The van der Waals surface area contributed by atoms with Crippen LogP contribution in [0.15, 0.2) is 23.1 Å². The van der Waals surface area contributed by atoms with E-state index in [1.807, 2.05) is 0 Å². The first-order valence-corrected chi connectivity index (χ1v) is 9.09. The van der Waals surface area contributed by atoms with Crippen molar-refractivity contribution >= 4 is 27.1 Å². The Kier molecular flexibility index (Phi) is 4.88.